The summed E-state index contributed by atoms with van der Waals surface area (Å²) in [6, 6.07) is 8.97. The van der Waals surface area contributed by atoms with E-state index in [2.05, 4.69) is 33.4 Å². The molecule has 0 spiro atoms. The summed E-state index contributed by atoms with van der Waals surface area (Å²) in [5, 5.41) is 3.47. The maximum absolute atomic E-state index is 5.19. The van der Waals surface area contributed by atoms with Crippen LogP contribution in [0.3, 0.4) is 0 Å². The molecule has 1 fully saturated rings. The minimum absolute atomic E-state index is 0.508. The van der Waals surface area contributed by atoms with Gasteiger partial charge in [0.15, 0.2) is 0 Å². The summed E-state index contributed by atoms with van der Waals surface area (Å²) in [6.45, 7) is 3.10. The van der Waals surface area contributed by atoms with E-state index in [-0.39, 0.29) is 0 Å². The van der Waals surface area contributed by atoms with Crippen molar-refractivity contribution < 1.29 is 4.42 Å². The smallest absolute Gasteiger partial charge is 0.0980 e. The largest absolute Gasteiger partial charge is 0.472 e. The molecular formula is C16H17N3O. The van der Waals surface area contributed by atoms with Crippen molar-refractivity contribution >= 4 is 17.6 Å². The Kier molecular flexibility index (Phi) is 2.81. The zero-order valence-electron chi connectivity index (χ0n) is 11.2. The Hall–Kier alpha value is -2.07. The second-order valence-corrected chi connectivity index (χ2v) is 5.31. The summed E-state index contributed by atoms with van der Waals surface area (Å²) in [7, 11) is 0. The van der Waals surface area contributed by atoms with Gasteiger partial charge in [0.2, 0.25) is 0 Å². The Bertz CT molecular complexity index is 633. The van der Waals surface area contributed by atoms with Crippen LogP contribution >= 0.6 is 0 Å². The third-order valence-electron chi connectivity index (χ3n) is 4.10. The summed E-state index contributed by atoms with van der Waals surface area (Å²) in [4.78, 5) is 7.10. The summed E-state index contributed by atoms with van der Waals surface area (Å²) in [5.41, 5.74) is 4.62. The van der Waals surface area contributed by atoms with E-state index in [0.29, 0.717) is 6.04 Å². The molecule has 4 nitrogen and oxygen atoms in total. The molecule has 2 aliphatic rings. The fourth-order valence-electron chi connectivity index (χ4n) is 3.03. The number of hydrogen-bond acceptors (Lipinski definition) is 4. The number of nitrogens with zero attached hydrogens (tertiary/aromatic N) is 2. The van der Waals surface area contributed by atoms with Gasteiger partial charge in [-0.2, -0.15) is 0 Å². The Morgan fingerprint density at radius 1 is 1.25 bits per heavy atom. The zero-order chi connectivity index (χ0) is 13.4. The molecule has 1 aromatic carbocycles. The van der Waals surface area contributed by atoms with Gasteiger partial charge in [0.25, 0.3) is 0 Å². The second-order valence-electron chi connectivity index (χ2n) is 5.31. The number of fused-ring (bicyclic) bond motifs is 3. The van der Waals surface area contributed by atoms with Crippen LogP contribution in [0.25, 0.3) is 11.1 Å². The summed E-state index contributed by atoms with van der Waals surface area (Å²) < 4.78 is 5.19. The molecule has 1 aromatic heterocycles. The molecule has 1 saturated heterocycles. The fraction of sp³-hybridized carbons (Fsp3) is 0.312. The van der Waals surface area contributed by atoms with E-state index in [4.69, 9.17) is 4.42 Å². The van der Waals surface area contributed by atoms with E-state index in [1.54, 1.807) is 12.5 Å². The lowest BCUT2D eigenvalue weighted by Gasteiger charge is -2.37. The second kappa shape index (κ2) is 4.80. The van der Waals surface area contributed by atoms with E-state index in [1.807, 2.05) is 12.3 Å². The van der Waals surface area contributed by atoms with Crippen LogP contribution in [0.1, 0.15) is 6.42 Å². The Balaban J connectivity index is 1.80. The normalized spacial score (nSPS) is 21.2. The van der Waals surface area contributed by atoms with Crippen molar-refractivity contribution in [2.45, 2.75) is 12.5 Å². The monoisotopic (exact) mass is 267 g/mol. The lowest BCUT2D eigenvalue weighted by Crippen LogP contribution is -2.51. The van der Waals surface area contributed by atoms with E-state index < -0.39 is 0 Å². The van der Waals surface area contributed by atoms with Gasteiger partial charge in [0, 0.05) is 43.9 Å². The van der Waals surface area contributed by atoms with Crippen LogP contribution in [0, 0.1) is 0 Å². The molecule has 1 unspecified atom stereocenters. The average molecular weight is 267 g/mol. The highest BCUT2D eigenvalue weighted by Gasteiger charge is 2.25. The number of anilines is 1. The molecule has 0 bridgehead atoms. The maximum atomic E-state index is 5.19. The summed E-state index contributed by atoms with van der Waals surface area (Å²) in [5.74, 6) is 0. The van der Waals surface area contributed by atoms with Crippen molar-refractivity contribution in [2.24, 2.45) is 4.99 Å². The Morgan fingerprint density at radius 2 is 2.25 bits per heavy atom. The lowest BCUT2D eigenvalue weighted by molar-refractivity contribution is 0.489. The van der Waals surface area contributed by atoms with Gasteiger partial charge in [-0.15, -0.1) is 0 Å². The van der Waals surface area contributed by atoms with Gasteiger partial charge in [-0.1, -0.05) is 6.07 Å². The number of benzene rings is 1. The van der Waals surface area contributed by atoms with Gasteiger partial charge in [-0.3, -0.25) is 4.99 Å². The predicted octanol–water partition coefficient (Wildman–Crippen LogP) is 2.83. The molecule has 0 amide bonds. The van der Waals surface area contributed by atoms with Gasteiger partial charge < -0.3 is 14.6 Å². The van der Waals surface area contributed by atoms with Crippen LogP contribution < -0.4 is 10.2 Å². The Labute approximate surface area is 118 Å². The number of aliphatic imine (C=N–C) groups is 1. The van der Waals surface area contributed by atoms with Gasteiger partial charge in [-0.05, 0) is 23.8 Å². The first-order valence-electron chi connectivity index (χ1n) is 7.08. The number of rotatable bonds is 1. The van der Waals surface area contributed by atoms with Crippen molar-refractivity contribution in [3.8, 4) is 11.1 Å². The SMILES string of the molecule is C1=Nc2ccc(-c3ccoc3)cc2N2CCNCC2C1. The zero-order valence-corrected chi connectivity index (χ0v) is 11.2. The average Bonchev–Trinajstić information content (AvgIpc) is 2.96. The van der Waals surface area contributed by atoms with Crippen LogP contribution in [0.2, 0.25) is 0 Å². The molecule has 4 heteroatoms. The number of nitrogens with one attached hydrogen (secondary N) is 1. The molecule has 0 aliphatic carbocycles. The summed E-state index contributed by atoms with van der Waals surface area (Å²) >= 11 is 0. The topological polar surface area (TPSA) is 40.8 Å². The van der Waals surface area contributed by atoms with Crippen LogP contribution in [-0.2, 0) is 0 Å². The van der Waals surface area contributed by atoms with Gasteiger partial charge in [0.1, 0.15) is 0 Å². The first-order chi connectivity index (χ1) is 9.92. The third-order valence-corrected chi connectivity index (χ3v) is 4.10. The number of piperazine rings is 1. The van der Waals surface area contributed by atoms with E-state index in [9.17, 15) is 0 Å². The molecule has 20 heavy (non-hydrogen) atoms. The summed E-state index contributed by atoms with van der Waals surface area (Å²) in [6.07, 6.45) is 6.56. The highest BCUT2D eigenvalue weighted by molar-refractivity contribution is 5.81. The predicted molar refractivity (Wildman–Crippen MR) is 80.9 cm³/mol. The van der Waals surface area contributed by atoms with Crippen LogP contribution in [0.15, 0.2) is 46.2 Å². The number of hydrogen-bond donors (Lipinski definition) is 1. The third kappa shape index (κ3) is 1.93. The molecule has 102 valence electrons. The van der Waals surface area contributed by atoms with Gasteiger partial charge in [0.05, 0.1) is 23.9 Å². The fourth-order valence-corrected chi connectivity index (χ4v) is 3.03. The highest BCUT2D eigenvalue weighted by atomic mass is 16.3. The quantitative estimate of drug-likeness (QED) is 0.863. The van der Waals surface area contributed by atoms with Crippen molar-refractivity contribution in [1.29, 1.82) is 0 Å². The Morgan fingerprint density at radius 3 is 3.15 bits per heavy atom. The molecule has 0 saturated carbocycles. The first-order valence-corrected chi connectivity index (χ1v) is 7.08. The van der Waals surface area contributed by atoms with Crippen molar-refractivity contribution in [3.63, 3.8) is 0 Å². The number of furan rings is 1. The van der Waals surface area contributed by atoms with Crippen LogP contribution in [-0.4, -0.2) is 31.9 Å². The maximum Gasteiger partial charge on any atom is 0.0980 e. The molecule has 4 rings (SSSR count). The van der Waals surface area contributed by atoms with E-state index in [0.717, 1.165) is 37.3 Å². The highest BCUT2D eigenvalue weighted by Crippen LogP contribution is 2.36. The molecule has 1 atom stereocenters. The minimum Gasteiger partial charge on any atom is -0.472 e. The molecule has 3 heterocycles. The molecule has 1 N–H and O–H groups in total. The lowest BCUT2D eigenvalue weighted by atomic mass is 10.0. The van der Waals surface area contributed by atoms with Crippen LogP contribution in [0.4, 0.5) is 11.4 Å². The van der Waals surface area contributed by atoms with Gasteiger partial charge in [-0.25, -0.2) is 0 Å². The van der Waals surface area contributed by atoms with Gasteiger partial charge >= 0.3 is 0 Å². The van der Waals surface area contributed by atoms with Crippen molar-refractivity contribution in [3.05, 3.63) is 36.8 Å². The van der Waals surface area contributed by atoms with Crippen LogP contribution in [0.5, 0.6) is 0 Å². The van der Waals surface area contributed by atoms with Crippen molar-refractivity contribution in [2.75, 3.05) is 24.5 Å². The minimum atomic E-state index is 0.508. The molecule has 0 radical (unpaired) electrons. The molecule has 2 aromatic rings. The standard InChI is InChI=1S/C16H17N3O/c1-2-15-16(9-12(1)13-4-8-20-11-13)19-7-6-17-10-14(19)3-5-18-15/h1-2,4-5,8-9,11,14,17H,3,6-7,10H2. The van der Waals surface area contributed by atoms with E-state index in [1.165, 1.54) is 11.3 Å². The first kappa shape index (κ1) is 11.7. The van der Waals surface area contributed by atoms with Crippen molar-refractivity contribution in [1.82, 2.24) is 5.32 Å². The van der Waals surface area contributed by atoms with E-state index >= 15 is 0 Å². The molecular weight excluding hydrogens is 250 g/mol. The molecule has 2 aliphatic heterocycles.